The van der Waals surface area contributed by atoms with Gasteiger partial charge in [-0.3, -0.25) is 27.7 Å². The lowest BCUT2D eigenvalue weighted by atomic mass is 10.0. The van der Waals surface area contributed by atoms with Gasteiger partial charge in [0.05, 0.1) is 26.4 Å². The van der Waals surface area contributed by atoms with Crippen LogP contribution in [0.15, 0.2) is 60.8 Å². The second kappa shape index (κ2) is 45.2. The Balaban J connectivity index is 3.92. The van der Waals surface area contributed by atoms with Crippen molar-refractivity contribution in [2.24, 2.45) is 0 Å². The SMILES string of the molecule is CC/C=C\C/C=C\C/C=C\C/C=C\C/C=C\CCCC(=O)OCC(O)COP(=O)(O)OCC(O)COP(=O)(O)OCC(O)COC(=O)CCCCCCCCCCCCCCCCCCC. The van der Waals surface area contributed by atoms with E-state index in [4.69, 9.17) is 9.47 Å². The standard InChI is InChI=1S/C49H88O15P2/c1-3-5-7-9-11-13-15-17-19-21-23-25-27-29-31-33-35-37-48(53)59-39-45(50)41-61-65(55,56)63-43-47(52)44-64-66(57,58)62-42-46(51)40-60-49(54)38-36-34-32-30-28-26-24-22-20-18-16-14-12-10-8-6-4-2/h5,7,11,13,17,19,23,25,29,31,45-47,50-52H,3-4,6,8-10,12,14-16,18,20-22,24,26-28,30,32-44H2,1-2H3,(H,55,56)(H,57,58)/b7-5-,13-11-,19-17-,25-23-,31-29-. The van der Waals surface area contributed by atoms with Crippen molar-refractivity contribution < 1.29 is 71.4 Å². The zero-order valence-electron chi connectivity index (χ0n) is 40.3. The van der Waals surface area contributed by atoms with Gasteiger partial charge in [0.2, 0.25) is 0 Å². The third-order valence-electron chi connectivity index (χ3n) is 9.99. The smallest absolute Gasteiger partial charge is 0.463 e. The molecule has 0 rings (SSSR count). The third-order valence-corrected chi connectivity index (χ3v) is 11.9. The van der Waals surface area contributed by atoms with Crippen LogP contribution in [0.25, 0.3) is 0 Å². The van der Waals surface area contributed by atoms with Gasteiger partial charge in [-0.1, -0.05) is 177 Å². The number of rotatable bonds is 47. The predicted molar refractivity (Wildman–Crippen MR) is 260 cm³/mol. The number of aliphatic hydroxyl groups is 3. The summed E-state index contributed by atoms with van der Waals surface area (Å²) < 4.78 is 53.0. The highest BCUT2D eigenvalue weighted by Gasteiger charge is 2.28. The van der Waals surface area contributed by atoms with Gasteiger partial charge in [-0.15, -0.1) is 0 Å². The fraction of sp³-hybridized carbons (Fsp3) is 0.755. The van der Waals surface area contributed by atoms with E-state index in [0.29, 0.717) is 19.3 Å². The summed E-state index contributed by atoms with van der Waals surface area (Å²) in [6.45, 7) is 0.249. The molecule has 5 unspecified atom stereocenters. The van der Waals surface area contributed by atoms with Gasteiger partial charge in [0.25, 0.3) is 0 Å². The fourth-order valence-corrected chi connectivity index (χ4v) is 7.78. The van der Waals surface area contributed by atoms with Gasteiger partial charge in [0, 0.05) is 12.8 Å². The topological polar surface area (TPSA) is 225 Å². The van der Waals surface area contributed by atoms with Crippen LogP contribution in [0.3, 0.4) is 0 Å². The molecule has 5 atom stereocenters. The minimum absolute atomic E-state index is 0.116. The summed E-state index contributed by atoms with van der Waals surface area (Å²) in [4.78, 5) is 43.8. The molecule has 5 N–H and O–H groups in total. The third kappa shape index (κ3) is 46.8. The maximum absolute atomic E-state index is 12.2. The lowest BCUT2D eigenvalue weighted by Gasteiger charge is -2.19. The van der Waals surface area contributed by atoms with Crippen LogP contribution in [0.2, 0.25) is 0 Å². The van der Waals surface area contributed by atoms with E-state index in [1.165, 1.54) is 83.5 Å². The summed E-state index contributed by atoms with van der Waals surface area (Å²) in [6.07, 6.45) is 43.6. The molecule has 384 valence electrons. The molecule has 0 aromatic carbocycles. The van der Waals surface area contributed by atoms with Gasteiger partial charge < -0.3 is 34.6 Å². The Morgan fingerprint density at radius 1 is 0.409 bits per heavy atom. The largest absolute Gasteiger partial charge is 0.472 e. The number of hydrogen-bond donors (Lipinski definition) is 5. The number of carbonyl (C=O) groups excluding carboxylic acids is 2. The van der Waals surface area contributed by atoms with Crippen molar-refractivity contribution in [3.63, 3.8) is 0 Å². The van der Waals surface area contributed by atoms with Crippen LogP contribution < -0.4 is 0 Å². The molecule has 0 saturated carbocycles. The zero-order chi connectivity index (χ0) is 48.8. The van der Waals surface area contributed by atoms with E-state index < -0.39 is 85.5 Å². The van der Waals surface area contributed by atoms with E-state index >= 15 is 0 Å². The van der Waals surface area contributed by atoms with Crippen LogP contribution in [0.5, 0.6) is 0 Å². The van der Waals surface area contributed by atoms with Crippen molar-refractivity contribution in [3.8, 4) is 0 Å². The molecule has 66 heavy (non-hydrogen) atoms. The highest BCUT2D eigenvalue weighted by atomic mass is 31.2. The van der Waals surface area contributed by atoms with Gasteiger partial charge in [-0.2, -0.15) is 0 Å². The number of phosphoric acid groups is 2. The maximum atomic E-state index is 12.2. The quantitative estimate of drug-likeness (QED) is 0.0165. The van der Waals surface area contributed by atoms with Crippen LogP contribution in [-0.2, 0) is 46.3 Å². The molecule has 0 aliphatic heterocycles. The fourth-order valence-electron chi connectivity index (χ4n) is 6.19. The van der Waals surface area contributed by atoms with E-state index in [1.807, 2.05) is 12.2 Å². The number of ether oxygens (including phenoxy) is 2. The van der Waals surface area contributed by atoms with Gasteiger partial charge >= 0.3 is 27.6 Å². The number of phosphoric ester groups is 2. The van der Waals surface area contributed by atoms with Crippen LogP contribution in [0, 0.1) is 0 Å². The summed E-state index contributed by atoms with van der Waals surface area (Å²) in [6, 6.07) is 0. The summed E-state index contributed by atoms with van der Waals surface area (Å²) >= 11 is 0. The second-order valence-corrected chi connectivity index (χ2v) is 19.4. The molecule has 0 aliphatic carbocycles. The molecule has 0 fully saturated rings. The minimum Gasteiger partial charge on any atom is -0.463 e. The Hall–Kier alpha value is -2.26. The second-order valence-electron chi connectivity index (χ2n) is 16.5. The molecule has 0 radical (unpaired) electrons. The van der Waals surface area contributed by atoms with Crippen molar-refractivity contribution in [2.75, 3.05) is 39.6 Å². The molecule has 15 nitrogen and oxygen atoms in total. The molecule has 0 aliphatic rings. The van der Waals surface area contributed by atoms with Gasteiger partial charge in [-0.05, 0) is 51.4 Å². The highest BCUT2D eigenvalue weighted by Crippen LogP contribution is 2.45. The number of aliphatic hydroxyl groups excluding tert-OH is 3. The number of carbonyl (C=O) groups is 2. The van der Waals surface area contributed by atoms with E-state index in [2.05, 4.69) is 80.6 Å². The maximum Gasteiger partial charge on any atom is 0.472 e. The summed E-state index contributed by atoms with van der Waals surface area (Å²) in [7, 11) is -9.59. The first-order valence-electron chi connectivity index (χ1n) is 24.6. The summed E-state index contributed by atoms with van der Waals surface area (Å²) in [5.74, 6) is -1.05. The Morgan fingerprint density at radius 2 is 0.697 bits per heavy atom. The van der Waals surface area contributed by atoms with E-state index in [0.717, 1.165) is 51.4 Å². The Labute approximate surface area is 397 Å². The van der Waals surface area contributed by atoms with Crippen LogP contribution >= 0.6 is 15.6 Å². The summed E-state index contributed by atoms with van der Waals surface area (Å²) in [5.41, 5.74) is 0. The normalized spacial score (nSPS) is 15.6. The molecule has 0 amide bonds. The number of allylic oxidation sites excluding steroid dienone is 10. The zero-order valence-corrected chi connectivity index (χ0v) is 42.1. The number of hydrogen-bond acceptors (Lipinski definition) is 13. The lowest BCUT2D eigenvalue weighted by molar-refractivity contribution is -0.148. The molecule has 0 aromatic rings. The molecule has 0 saturated heterocycles. The van der Waals surface area contributed by atoms with Crippen LogP contribution in [0.4, 0.5) is 0 Å². The van der Waals surface area contributed by atoms with E-state index in [9.17, 15) is 43.8 Å². The van der Waals surface area contributed by atoms with E-state index in [1.54, 1.807) is 0 Å². The van der Waals surface area contributed by atoms with E-state index in [-0.39, 0.29) is 12.8 Å². The monoisotopic (exact) mass is 979 g/mol. The summed E-state index contributed by atoms with van der Waals surface area (Å²) in [5, 5.41) is 30.0. The molecular weight excluding hydrogens is 890 g/mol. The number of esters is 2. The predicted octanol–water partition coefficient (Wildman–Crippen LogP) is 11.4. The number of unbranched alkanes of at least 4 members (excludes halogenated alkanes) is 17. The Bertz CT molecular complexity index is 1420. The van der Waals surface area contributed by atoms with Gasteiger partial charge in [0.1, 0.15) is 31.5 Å². The minimum atomic E-state index is -4.80. The van der Waals surface area contributed by atoms with Crippen LogP contribution in [-0.4, -0.2) is 95.0 Å². The first-order valence-corrected chi connectivity index (χ1v) is 27.6. The van der Waals surface area contributed by atoms with Crippen molar-refractivity contribution >= 4 is 27.6 Å². The molecule has 0 aromatic heterocycles. The average molecular weight is 979 g/mol. The molecule has 17 heteroatoms. The molecular formula is C49H88O15P2. The highest BCUT2D eigenvalue weighted by molar-refractivity contribution is 7.47. The van der Waals surface area contributed by atoms with Crippen molar-refractivity contribution in [3.05, 3.63) is 60.8 Å². The Morgan fingerprint density at radius 3 is 1.05 bits per heavy atom. The lowest BCUT2D eigenvalue weighted by Crippen LogP contribution is -2.25. The Kier molecular flexibility index (Phi) is 43.7. The van der Waals surface area contributed by atoms with Crippen molar-refractivity contribution in [2.45, 2.75) is 199 Å². The molecule has 0 bridgehead atoms. The van der Waals surface area contributed by atoms with Crippen molar-refractivity contribution in [1.82, 2.24) is 0 Å². The molecule has 0 heterocycles. The average Bonchev–Trinajstić information content (AvgIpc) is 3.29. The van der Waals surface area contributed by atoms with Crippen LogP contribution in [0.1, 0.15) is 181 Å². The molecule has 0 spiro atoms. The van der Waals surface area contributed by atoms with Gasteiger partial charge in [-0.25, -0.2) is 9.13 Å². The first-order chi connectivity index (χ1) is 31.8. The van der Waals surface area contributed by atoms with Gasteiger partial charge in [0.15, 0.2) is 0 Å². The first kappa shape index (κ1) is 63.7. The van der Waals surface area contributed by atoms with Crippen molar-refractivity contribution in [1.29, 1.82) is 0 Å².